The zero-order valence-corrected chi connectivity index (χ0v) is 30.4. The third-order valence-corrected chi connectivity index (χ3v) is 19.1. The van der Waals surface area contributed by atoms with Crippen LogP contribution in [0.15, 0.2) is 29.2 Å². The third kappa shape index (κ3) is 5.19. The number of rotatable bonds is 5. The molecular formula is C35H56O7SSi. The van der Waals surface area contributed by atoms with Gasteiger partial charge in [-0.15, -0.1) is 0 Å². The van der Waals surface area contributed by atoms with Gasteiger partial charge in [-0.25, -0.2) is 0 Å². The molecule has 0 radical (unpaired) electrons. The van der Waals surface area contributed by atoms with Gasteiger partial charge in [0.25, 0.3) is 10.1 Å². The fraction of sp³-hybridized carbons (Fsp3) is 0.829. The number of aliphatic hydroxyl groups is 1. The summed E-state index contributed by atoms with van der Waals surface area (Å²) in [6.45, 7) is 22.4. The smallest absolute Gasteiger partial charge is 0.297 e. The lowest BCUT2D eigenvalue weighted by Crippen LogP contribution is -2.67. The van der Waals surface area contributed by atoms with E-state index in [9.17, 15) is 13.5 Å². The summed E-state index contributed by atoms with van der Waals surface area (Å²) in [5.74, 6) is 0.0335. The Labute approximate surface area is 267 Å². The van der Waals surface area contributed by atoms with Crippen LogP contribution in [0.4, 0.5) is 0 Å². The van der Waals surface area contributed by atoms with Crippen molar-refractivity contribution in [3.05, 3.63) is 29.8 Å². The first-order valence-electron chi connectivity index (χ1n) is 16.9. The lowest BCUT2D eigenvalue weighted by Gasteiger charge is -2.64. The lowest BCUT2D eigenvalue weighted by molar-refractivity contribution is -0.222. The van der Waals surface area contributed by atoms with Gasteiger partial charge < -0.3 is 19.0 Å². The zero-order valence-electron chi connectivity index (χ0n) is 28.6. The van der Waals surface area contributed by atoms with E-state index >= 15 is 0 Å². The highest BCUT2D eigenvalue weighted by Crippen LogP contribution is 2.69. The molecule has 5 unspecified atom stereocenters. The first-order valence-corrected chi connectivity index (χ1v) is 21.2. The lowest BCUT2D eigenvalue weighted by atomic mass is 9.43. The Kier molecular flexibility index (Phi) is 7.97. The Balaban J connectivity index is 1.30. The van der Waals surface area contributed by atoms with Gasteiger partial charge in [0, 0.05) is 5.92 Å². The first kappa shape index (κ1) is 33.1. The van der Waals surface area contributed by atoms with Crippen LogP contribution in [0.25, 0.3) is 0 Å². The van der Waals surface area contributed by atoms with Gasteiger partial charge >= 0.3 is 0 Å². The van der Waals surface area contributed by atoms with Crippen molar-refractivity contribution in [2.24, 2.45) is 34.5 Å². The van der Waals surface area contributed by atoms with Gasteiger partial charge in [-0.05, 0) is 118 Å². The molecule has 6 rings (SSSR count). The topological polar surface area (TPSA) is 91.3 Å². The molecule has 1 aromatic rings. The predicted molar refractivity (Wildman–Crippen MR) is 173 cm³/mol. The number of aliphatic hydroxyl groups excluding tert-OH is 1. The van der Waals surface area contributed by atoms with E-state index < -0.39 is 36.4 Å². The van der Waals surface area contributed by atoms with Crippen LogP contribution in [0.1, 0.15) is 92.6 Å². The van der Waals surface area contributed by atoms with Crippen LogP contribution >= 0.6 is 0 Å². The van der Waals surface area contributed by atoms with Gasteiger partial charge in [-0.3, -0.25) is 4.18 Å². The Morgan fingerprint density at radius 1 is 0.886 bits per heavy atom. The number of ether oxygens (including phenoxy) is 2. The molecule has 1 N–H and O–H groups in total. The Bertz CT molecular complexity index is 1350. The molecule has 5 fully saturated rings. The standard InChI is InChI=1S/C35H56O7SSi/c1-21-11-13-22(14-12-21)43(37,38)41-25-18-20-35(8)24-17-19-34(7)23(15-16-26(34)42-44(9,10)32(2,3)4)27(24)30-31(28(35)29(25)36)40-33(5,6)39-30/h11-14,23-31,36H,15-20H2,1-10H3/t23?,24?,25-,26+,27?,28?,29?,30-,31-,34+,35-/m1/s1. The summed E-state index contributed by atoms with van der Waals surface area (Å²) in [6.07, 6.45) is 3.56. The minimum Gasteiger partial charge on any atom is -0.413 e. The highest BCUT2D eigenvalue weighted by molar-refractivity contribution is 7.86. The van der Waals surface area contributed by atoms with Gasteiger partial charge in [0.15, 0.2) is 14.1 Å². The molecule has 7 nitrogen and oxygen atoms in total. The van der Waals surface area contributed by atoms with E-state index in [0.29, 0.717) is 24.2 Å². The van der Waals surface area contributed by atoms with Crippen LogP contribution in [0.5, 0.6) is 0 Å². The van der Waals surface area contributed by atoms with Gasteiger partial charge in [0.2, 0.25) is 0 Å². The second-order valence-corrected chi connectivity index (χ2v) is 23.6. The molecule has 9 heteroatoms. The molecule has 44 heavy (non-hydrogen) atoms. The average molecular weight is 649 g/mol. The minimum absolute atomic E-state index is 0.0710. The number of hydrogen-bond acceptors (Lipinski definition) is 7. The van der Waals surface area contributed by atoms with Crippen molar-refractivity contribution >= 4 is 18.4 Å². The average Bonchev–Trinajstić information content (AvgIpc) is 3.40. The summed E-state index contributed by atoms with van der Waals surface area (Å²) < 4.78 is 53.1. The largest absolute Gasteiger partial charge is 0.413 e. The Morgan fingerprint density at radius 2 is 1.48 bits per heavy atom. The van der Waals surface area contributed by atoms with Crippen molar-refractivity contribution in [3.8, 4) is 0 Å². The Hall–Kier alpha value is -0.813. The van der Waals surface area contributed by atoms with Crippen molar-refractivity contribution < 1.29 is 31.6 Å². The second-order valence-electron chi connectivity index (χ2n) is 17.3. The molecule has 1 aromatic carbocycles. The van der Waals surface area contributed by atoms with E-state index in [4.69, 9.17) is 18.1 Å². The third-order valence-electron chi connectivity index (χ3n) is 13.3. The second kappa shape index (κ2) is 10.6. The fourth-order valence-corrected chi connectivity index (χ4v) is 12.5. The summed E-state index contributed by atoms with van der Waals surface area (Å²) in [4.78, 5) is 0.120. The molecule has 0 bridgehead atoms. The van der Waals surface area contributed by atoms with Gasteiger partial charge in [-0.1, -0.05) is 52.3 Å². The summed E-state index contributed by atoms with van der Waals surface area (Å²) in [7, 11) is -5.98. The van der Waals surface area contributed by atoms with Crippen molar-refractivity contribution in [3.63, 3.8) is 0 Å². The minimum atomic E-state index is -4.03. The highest BCUT2D eigenvalue weighted by atomic mass is 32.2. The molecule has 1 heterocycles. The fourth-order valence-electron chi connectivity index (χ4n) is 9.94. The number of aryl methyl sites for hydroxylation is 1. The molecular weight excluding hydrogens is 593 g/mol. The van der Waals surface area contributed by atoms with E-state index in [-0.39, 0.29) is 45.0 Å². The van der Waals surface area contributed by atoms with Crippen LogP contribution < -0.4 is 0 Å². The molecule has 0 amide bonds. The van der Waals surface area contributed by atoms with E-state index in [1.54, 1.807) is 24.3 Å². The highest BCUT2D eigenvalue weighted by Gasteiger charge is 2.70. The predicted octanol–water partition coefficient (Wildman–Crippen LogP) is 7.21. The quantitative estimate of drug-likeness (QED) is 0.266. The summed E-state index contributed by atoms with van der Waals surface area (Å²) >= 11 is 0. The first-order chi connectivity index (χ1) is 20.2. The molecule has 5 aliphatic rings. The molecule has 1 saturated heterocycles. The van der Waals surface area contributed by atoms with Crippen LogP contribution in [-0.2, 0) is 28.2 Å². The summed E-state index contributed by atoms with van der Waals surface area (Å²) in [5.41, 5.74) is 0.828. The molecule has 4 saturated carbocycles. The zero-order chi connectivity index (χ0) is 32.3. The maximum atomic E-state index is 13.3. The van der Waals surface area contributed by atoms with Gasteiger partial charge in [-0.2, -0.15) is 8.42 Å². The van der Waals surface area contributed by atoms with Crippen LogP contribution in [0, 0.1) is 41.4 Å². The van der Waals surface area contributed by atoms with Gasteiger partial charge in [0.05, 0.1) is 29.3 Å². The SMILES string of the molecule is Cc1ccc(S(=O)(=O)O[C@@H]2CC[C@]3(C)C4CC[C@@]5(C)C(CC[C@@H]5O[Si](C)(C)C(C)(C)C)C4[C@H]4OC(C)(C)O[C@@H]4C3C2O)cc1. The van der Waals surface area contributed by atoms with Crippen molar-refractivity contribution in [2.45, 2.75) is 153 Å². The van der Waals surface area contributed by atoms with Crippen LogP contribution in [0.3, 0.4) is 0 Å². The number of benzene rings is 1. The molecule has 0 aromatic heterocycles. The maximum absolute atomic E-state index is 13.3. The maximum Gasteiger partial charge on any atom is 0.297 e. The van der Waals surface area contributed by atoms with E-state index in [1.165, 1.54) is 0 Å². The van der Waals surface area contributed by atoms with Crippen molar-refractivity contribution in [1.82, 2.24) is 0 Å². The van der Waals surface area contributed by atoms with Crippen molar-refractivity contribution in [2.75, 3.05) is 0 Å². The monoisotopic (exact) mass is 648 g/mol. The summed E-state index contributed by atoms with van der Waals surface area (Å²) in [6, 6.07) is 6.68. The number of hydrogen-bond donors (Lipinski definition) is 1. The number of fused-ring (bicyclic) bond motifs is 8. The molecule has 1 aliphatic heterocycles. The van der Waals surface area contributed by atoms with Gasteiger partial charge in [0.1, 0.15) is 6.10 Å². The van der Waals surface area contributed by atoms with Crippen molar-refractivity contribution in [1.29, 1.82) is 0 Å². The molecule has 0 spiro atoms. The van der Waals surface area contributed by atoms with E-state index in [0.717, 1.165) is 37.7 Å². The molecule has 248 valence electrons. The van der Waals surface area contributed by atoms with E-state index in [2.05, 4.69) is 47.7 Å². The normalized spacial score (nSPS) is 43.6. The molecule has 4 aliphatic carbocycles. The summed E-state index contributed by atoms with van der Waals surface area (Å²) in [5, 5.41) is 12.2. The molecule has 11 atom stereocenters. The van der Waals surface area contributed by atoms with Crippen LogP contribution in [-0.4, -0.2) is 58.1 Å². The van der Waals surface area contributed by atoms with Crippen LogP contribution in [0.2, 0.25) is 18.1 Å². The Morgan fingerprint density at radius 3 is 2.11 bits per heavy atom. The van der Waals surface area contributed by atoms with E-state index in [1.807, 2.05) is 20.8 Å².